The third-order valence-corrected chi connectivity index (χ3v) is 12.3. The summed E-state index contributed by atoms with van der Waals surface area (Å²) in [4.78, 5) is 7.19. The molecule has 2 unspecified atom stereocenters. The number of hydrogen-bond acceptors (Lipinski definition) is 3. The van der Waals surface area contributed by atoms with Gasteiger partial charge >= 0.3 is 0 Å². The summed E-state index contributed by atoms with van der Waals surface area (Å²) >= 11 is 0. The van der Waals surface area contributed by atoms with E-state index in [-0.39, 0.29) is 6.04 Å². The molecule has 0 spiro atoms. The van der Waals surface area contributed by atoms with Gasteiger partial charge in [-0.15, -0.1) is 0 Å². The summed E-state index contributed by atoms with van der Waals surface area (Å²) in [6.45, 7) is 12.8. The fourth-order valence-corrected chi connectivity index (χ4v) is 9.57. The molecule has 0 saturated carbocycles. The molecule has 0 N–H and O–H groups in total. The van der Waals surface area contributed by atoms with Gasteiger partial charge in [-0.2, -0.15) is 0 Å². The van der Waals surface area contributed by atoms with Crippen molar-refractivity contribution in [2.45, 2.75) is 58.9 Å². The maximum Gasteiger partial charge on any atom is 0.0591 e. The van der Waals surface area contributed by atoms with Gasteiger partial charge in [0.25, 0.3) is 0 Å². The number of benzene rings is 6. The van der Waals surface area contributed by atoms with Crippen LogP contribution in [0.1, 0.15) is 58.4 Å². The molecule has 1 aliphatic carbocycles. The fourth-order valence-electron chi connectivity index (χ4n) is 9.57. The maximum absolute atomic E-state index is 4.39. The molecular formula is C57H54N4. The topological polar surface area (TPSA) is 14.7 Å². The van der Waals surface area contributed by atoms with Crippen LogP contribution in [0.4, 0.5) is 34.1 Å². The predicted molar refractivity (Wildman–Crippen MR) is 262 cm³/mol. The molecule has 61 heavy (non-hydrogen) atoms. The van der Waals surface area contributed by atoms with Crippen LogP contribution in [0.3, 0.4) is 0 Å². The van der Waals surface area contributed by atoms with Gasteiger partial charge in [0.1, 0.15) is 0 Å². The van der Waals surface area contributed by atoms with E-state index in [4.69, 9.17) is 0 Å². The van der Waals surface area contributed by atoms with Gasteiger partial charge in [0.2, 0.25) is 0 Å². The van der Waals surface area contributed by atoms with E-state index in [2.05, 4.69) is 234 Å². The van der Waals surface area contributed by atoms with Crippen molar-refractivity contribution in [1.82, 2.24) is 4.57 Å². The standard InChI is InChI=1S/C55H48N4.C2H6/c1-4-16-52-46(5-2)48-19-7-11-23-53(48)58(52)44-34-30-42(31-35-44)57(41-28-26-40(27-29-41)56-38-15-14-17-39(3)47-18-6-10-22-51(47)56)43-32-36-45(37-33-43)59-54-24-12-8-20-49(54)50-21-9-13-25-55(50)59;1-2/h4,7-17,19-38,46,52H,3,5-6,18H2,1-2H3;1-2H3/b16-4-,17-14-,38-15-;. The van der Waals surface area contributed by atoms with Gasteiger partial charge in [-0.05, 0) is 146 Å². The Labute approximate surface area is 361 Å². The quantitative estimate of drug-likeness (QED) is 0.142. The molecule has 302 valence electrons. The predicted octanol–water partition coefficient (Wildman–Crippen LogP) is 15.9. The Hall–Kier alpha value is -7.04. The Morgan fingerprint density at radius 3 is 1.85 bits per heavy atom. The average Bonchev–Trinajstić information content (AvgIpc) is 3.82. The molecule has 0 saturated heterocycles. The van der Waals surface area contributed by atoms with Crippen LogP contribution in [0.25, 0.3) is 27.5 Å². The maximum atomic E-state index is 4.39. The highest BCUT2D eigenvalue weighted by Crippen LogP contribution is 2.48. The minimum absolute atomic E-state index is 0.268. The Kier molecular flexibility index (Phi) is 11.2. The molecule has 2 atom stereocenters. The molecule has 1 aromatic heterocycles. The number of aromatic nitrogens is 1. The lowest BCUT2D eigenvalue weighted by atomic mass is 9.92. The summed E-state index contributed by atoms with van der Waals surface area (Å²) in [7, 11) is 0. The first-order valence-corrected chi connectivity index (χ1v) is 22.0. The SMILES string of the molecule is C=C1/C=C\C=C/N(c2ccc(N(c3ccc(N4c5ccccc5C(CC)C4/C=C\C)cc3)c3ccc(-n4c5ccccc5c5ccccc54)cc3)cc2)C2=C1CCC=C2.CC. The average molecular weight is 795 g/mol. The van der Waals surface area contributed by atoms with E-state index >= 15 is 0 Å². The van der Waals surface area contributed by atoms with Gasteiger partial charge in [0.15, 0.2) is 0 Å². The highest BCUT2D eigenvalue weighted by Gasteiger charge is 2.36. The lowest BCUT2D eigenvalue weighted by molar-refractivity contribution is 0.620. The summed E-state index contributed by atoms with van der Waals surface area (Å²) in [6.07, 6.45) is 20.7. The molecule has 3 aliphatic rings. The Morgan fingerprint density at radius 2 is 1.23 bits per heavy atom. The van der Waals surface area contributed by atoms with E-state index in [1.54, 1.807) is 0 Å². The van der Waals surface area contributed by atoms with Crippen LogP contribution in [0.5, 0.6) is 0 Å². The van der Waals surface area contributed by atoms with Crippen LogP contribution in [-0.2, 0) is 0 Å². The minimum Gasteiger partial charge on any atom is -0.334 e. The van der Waals surface area contributed by atoms with Crippen LogP contribution in [-0.4, -0.2) is 10.6 Å². The molecule has 2 aliphatic heterocycles. The van der Waals surface area contributed by atoms with Crippen LogP contribution in [0, 0.1) is 0 Å². The molecule has 4 nitrogen and oxygen atoms in total. The Bertz CT molecular complexity index is 2790. The summed E-state index contributed by atoms with van der Waals surface area (Å²) < 4.78 is 2.38. The highest BCUT2D eigenvalue weighted by molar-refractivity contribution is 6.09. The summed E-state index contributed by atoms with van der Waals surface area (Å²) in [5, 5.41) is 2.52. The molecule has 6 aromatic carbocycles. The molecule has 3 heterocycles. The van der Waals surface area contributed by atoms with Crippen molar-refractivity contribution in [3.05, 3.63) is 223 Å². The summed E-state index contributed by atoms with van der Waals surface area (Å²) in [5.41, 5.74) is 15.4. The lowest BCUT2D eigenvalue weighted by Gasteiger charge is -2.31. The number of fused-ring (bicyclic) bond motifs is 4. The van der Waals surface area contributed by atoms with E-state index in [1.165, 1.54) is 50.0 Å². The lowest BCUT2D eigenvalue weighted by Crippen LogP contribution is -2.28. The third-order valence-electron chi connectivity index (χ3n) is 12.3. The van der Waals surface area contributed by atoms with Gasteiger partial charge in [-0.3, -0.25) is 0 Å². The smallest absolute Gasteiger partial charge is 0.0591 e. The first-order chi connectivity index (χ1) is 30.1. The molecule has 0 bridgehead atoms. The van der Waals surface area contributed by atoms with Crippen molar-refractivity contribution >= 4 is 55.9 Å². The Balaban J connectivity index is 0.00000235. The number of nitrogens with zero attached hydrogens (tertiary/aromatic N) is 4. The van der Waals surface area contributed by atoms with Gasteiger partial charge in [0.05, 0.1) is 17.1 Å². The van der Waals surface area contributed by atoms with E-state index in [0.29, 0.717) is 5.92 Å². The van der Waals surface area contributed by atoms with Crippen molar-refractivity contribution < 1.29 is 0 Å². The van der Waals surface area contributed by atoms with Crippen molar-refractivity contribution in [2.24, 2.45) is 0 Å². The molecule has 10 rings (SSSR count). The molecule has 0 amide bonds. The van der Waals surface area contributed by atoms with E-state index < -0.39 is 0 Å². The summed E-state index contributed by atoms with van der Waals surface area (Å²) in [6, 6.07) is 53.7. The van der Waals surface area contributed by atoms with Crippen LogP contribution >= 0.6 is 0 Å². The van der Waals surface area contributed by atoms with Gasteiger partial charge in [-0.25, -0.2) is 0 Å². The zero-order valence-corrected chi connectivity index (χ0v) is 35.7. The second-order valence-electron chi connectivity index (χ2n) is 15.6. The number of anilines is 6. The Morgan fingerprint density at radius 1 is 0.656 bits per heavy atom. The largest absolute Gasteiger partial charge is 0.334 e. The molecule has 4 heteroatoms. The fraction of sp³-hybridized carbons (Fsp3) is 0.158. The number of hydrogen-bond donors (Lipinski definition) is 0. The van der Waals surface area contributed by atoms with Crippen molar-refractivity contribution in [3.63, 3.8) is 0 Å². The molecular weight excluding hydrogens is 741 g/mol. The first kappa shape index (κ1) is 39.4. The minimum atomic E-state index is 0.268. The van der Waals surface area contributed by atoms with Gasteiger partial charge in [-0.1, -0.05) is 112 Å². The van der Waals surface area contributed by atoms with Crippen molar-refractivity contribution in [2.75, 3.05) is 14.7 Å². The summed E-state index contributed by atoms with van der Waals surface area (Å²) in [5.74, 6) is 0.443. The van der Waals surface area contributed by atoms with Crippen molar-refractivity contribution in [3.8, 4) is 5.69 Å². The second-order valence-corrected chi connectivity index (χ2v) is 15.6. The molecule has 0 fully saturated rings. The van der Waals surface area contributed by atoms with E-state index in [0.717, 1.165) is 53.3 Å². The number of para-hydroxylation sites is 3. The second kappa shape index (κ2) is 17.3. The molecule has 0 radical (unpaired) electrons. The van der Waals surface area contributed by atoms with Gasteiger partial charge in [0, 0.05) is 68.4 Å². The van der Waals surface area contributed by atoms with E-state index in [1.807, 2.05) is 13.8 Å². The zero-order chi connectivity index (χ0) is 41.9. The van der Waals surface area contributed by atoms with Crippen LogP contribution in [0.2, 0.25) is 0 Å². The zero-order valence-electron chi connectivity index (χ0n) is 35.7. The third kappa shape index (κ3) is 7.12. The van der Waals surface area contributed by atoms with Gasteiger partial charge < -0.3 is 19.3 Å². The van der Waals surface area contributed by atoms with Crippen LogP contribution in [0.15, 0.2) is 218 Å². The monoisotopic (exact) mass is 794 g/mol. The number of rotatable bonds is 8. The highest BCUT2D eigenvalue weighted by atomic mass is 15.2. The molecule has 7 aromatic rings. The first-order valence-electron chi connectivity index (χ1n) is 22.0. The van der Waals surface area contributed by atoms with Crippen LogP contribution < -0.4 is 14.7 Å². The van der Waals surface area contributed by atoms with Crippen molar-refractivity contribution in [1.29, 1.82) is 0 Å². The van der Waals surface area contributed by atoms with E-state index in [9.17, 15) is 0 Å². The normalized spacial score (nSPS) is 18.1. The number of allylic oxidation sites excluding steroid dienone is 8.